The molecule has 2 fully saturated rings. The predicted octanol–water partition coefficient (Wildman–Crippen LogP) is 2.49. The first kappa shape index (κ1) is 17.4. The third kappa shape index (κ3) is 5.80. The van der Waals surface area contributed by atoms with E-state index in [-0.39, 0.29) is 14.7 Å². The minimum atomic E-state index is 0. The van der Waals surface area contributed by atoms with Crippen LogP contribution in [0.5, 0.6) is 0 Å². The van der Waals surface area contributed by atoms with Crippen molar-refractivity contribution >= 4 is 5.91 Å². The highest BCUT2D eigenvalue weighted by atomic mass is 16.1. The molecule has 0 bridgehead atoms. The zero-order valence-corrected chi connectivity index (χ0v) is 13.6. The van der Waals surface area contributed by atoms with Crippen molar-refractivity contribution < 1.29 is 7.65 Å². The molecule has 0 aromatic carbocycles. The van der Waals surface area contributed by atoms with Gasteiger partial charge in [-0.05, 0) is 58.7 Å². The van der Waals surface area contributed by atoms with Gasteiger partial charge < -0.3 is 15.5 Å². The molecule has 1 saturated carbocycles. The van der Waals surface area contributed by atoms with Crippen molar-refractivity contribution in [2.24, 2.45) is 5.92 Å². The first-order valence-corrected chi connectivity index (χ1v) is 8.47. The van der Waals surface area contributed by atoms with E-state index in [1.165, 1.54) is 25.9 Å². The van der Waals surface area contributed by atoms with E-state index in [1.54, 1.807) is 0 Å². The molecule has 1 amide bonds. The summed E-state index contributed by atoms with van der Waals surface area (Å²) in [6.07, 6.45) is 7.01. The Morgan fingerprint density at radius 3 is 2.30 bits per heavy atom. The number of nitrogens with zero attached hydrogens (tertiary/aromatic N) is 1. The Bertz CT molecular complexity index is 266. The van der Waals surface area contributed by atoms with Crippen LogP contribution in [0.25, 0.3) is 0 Å². The lowest BCUT2D eigenvalue weighted by molar-refractivity contribution is -0.126. The van der Waals surface area contributed by atoms with E-state index in [1.807, 2.05) is 20.9 Å². The van der Waals surface area contributed by atoms with Crippen molar-refractivity contribution in [3.8, 4) is 0 Å². The Balaban J connectivity index is 0. The Morgan fingerprint density at radius 1 is 1.15 bits per heavy atom. The van der Waals surface area contributed by atoms with E-state index < -0.39 is 0 Å². The third-order valence-corrected chi connectivity index (χ3v) is 4.43. The summed E-state index contributed by atoms with van der Waals surface area (Å²) in [5.41, 5.74) is 0. The van der Waals surface area contributed by atoms with Gasteiger partial charge in [0.1, 0.15) is 0 Å². The summed E-state index contributed by atoms with van der Waals surface area (Å²) in [4.78, 5) is 14.5. The van der Waals surface area contributed by atoms with Gasteiger partial charge in [0.25, 0.3) is 0 Å². The Kier molecular flexibility index (Phi) is 8.86. The van der Waals surface area contributed by atoms with Crippen LogP contribution in [0.15, 0.2) is 0 Å². The van der Waals surface area contributed by atoms with Crippen LogP contribution in [0.2, 0.25) is 0 Å². The molecule has 4 nitrogen and oxygen atoms in total. The van der Waals surface area contributed by atoms with Gasteiger partial charge in [0, 0.05) is 27.9 Å². The maximum atomic E-state index is 12.0. The molecule has 1 heterocycles. The smallest absolute Gasteiger partial charge is 0.223 e. The second-order valence-corrected chi connectivity index (χ2v) is 5.68. The van der Waals surface area contributed by atoms with Gasteiger partial charge in [0.2, 0.25) is 5.91 Å². The second kappa shape index (κ2) is 10.2. The number of hydrogen-bond acceptors (Lipinski definition) is 3. The first-order chi connectivity index (χ1) is 9.79. The number of amides is 1. The molecule has 0 aromatic rings. The van der Waals surface area contributed by atoms with Crippen LogP contribution in [0.3, 0.4) is 0 Å². The van der Waals surface area contributed by atoms with Gasteiger partial charge in [-0.15, -0.1) is 0 Å². The molecule has 1 aliphatic heterocycles. The topological polar surface area (TPSA) is 44.4 Å². The van der Waals surface area contributed by atoms with Crippen LogP contribution >= 0.6 is 0 Å². The van der Waals surface area contributed by atoms with Crippen molar-refractivity contribution in [3.05, 3.63) is 0 Å². The highest BCUT2D eigenvalue weighted by Crippen LogP contribution is 2.24. The van der Waals surface area contributed by atoms with E-state index >= 15 is 0 Å². The number of likely N-dealkylation sites (tertiary alicyclic amines) is 1. The lowest BCUT2D eigenvalue weighted by Gasteiger charge is -2.27. The van der Waals surface area contributed by atoms with Crippen LogP contribution in [-0.4, -0.2) is 50.1 Å². The fourth-order valence-electron chi connectivity index (χ4n) is 3.13. The van der Waals surface area contributed by atoms with Gasteiger partial charge in [-0.2, -0.15) is 0 Å². The van der Waals surface area contributed by atoms with Crippen molar-refractivity contribution in [2.75, 3.05) is 33.2 Å². The van der Waals surface area contributed by atoms with Crippen LogP contribution in [0.1, 0.15) is 55.2 Å². The van der Waals surface area contributed by atoms with Crippen LogP contribution in [-0.2, 0) is 4.79 Å². The fraction of sp³-hybridized carbons (Fsp3) is 0.938. The molecule has 2 N–H and O–H groups in total. The summed E-state index contributed by atoms with van der Waals surface area (Å²) in [5.74, 6) is 0.539. The van der Waals surface area contributed by atoms with Crippen LogP contribution < -0.4 is 10.6 Å². The van der Waals surface area contributed by atoms with Gasteiger partial charge in [-0.1, -0.05) is 13.8 Å². The third-order valence-electron chi connectivity index (χ3n) is 4.43. The van der Waals surface area contributed by atoms with E-state index in [4.69, 9.17) is 0 Å². The maximum absolute atomic E-state index is 12.0. The summed E-state index contributed by atoms with van der Waals surface area (Å²) < 4.78 is 0. The fourth-order valence-corrected chi connectivity index (χ4v) is 3.13. The molecule has 0 unspecified atom stereocenters. The van der Waals surface area contributed by atoms with E-state index in [2.05, 4.69) is 15.5 Å². The zero-order chi connectivity index (χ0) is 14.8. The number of carbonyl (C=O) groups excluding carboxylic acids is 1. The quantitative estimate of drug-likeness (QED) is 0.816. The Hall–Kier alpha value is -0.610. The summed E-state index contributed by atoms with van der Waals surface area (Å²) in [7, 11) is 2.01. The lowest BCUT2D eigenvalue weighted by Crippen LogP contribution is -2.40. The molecule has 0 radical (unpaired) electrons. The lowest BCUT2D eigenvalue weighted by atomic mass is 9.85. The molecule has 0 spiro atoms. The van der Waals surface area contributed by atoms with Crippen LogP contribution in [0, 0.1) is 5.92 Å². The second-order valence-electron chi connectivity index (χ2n) is 5.68. The summed E-state index contributed by atoms with van der Waals surface area (Å²) >= 11 is 0. The minimum absolute atomic E-state index is 0. The largest absolute Gasteiger partial charge is 0.355 e. The highest BCUT2D eigenvalue weighted by molar-refractivity contribution is 5.78. The molecule has 122 valence electrons. The Labute approximate surface area is 127 Å². The molecular formula is C16H37N3O. The van der Waals surface area contributed by atoms with Crippen molar-refractivity contribution in [1.82, 2.24) is 15.5 Å². The minimum Gasteiger partial charge on any atom is -0.355 e. The van der Waals surface area contributed by atoms with Gasteiger partial charge in [-0.25, -0.2) is 0 Å². The van der Waals surface area contributed by atoms with Crippen molar-refractivity contribution in [1.29, 1.82) is 0 Å². The summed E-state index contributed by atoms with van der Waals surface area (Å²) in [6, 6.07) is 0.624. The molecule has 1 saturated heterocycles. The molecule has 0 aromatic heterocycles. The summed E-state index contributed by atoms with van der Waals surface area (Å²) in [5, 5.41) is 6.42. The molecule has 4 heteroatoms. The normalized spacial score (nSPS) is 26.8. The van der Waals surface area contributed by atoms with Gasteiger partial charge >= 0.3 is 0 Å². The SMILES string of the molecule is CC.CNC1CCC(C(=O)NCCN2CCCC2)CC1.[HH].[HH]. The van der Waals surface area contributed by atoms with Gasteiger partial charge in [0.15, 0.2) is 0 Å². The molecule has 20 heavy (non-hydrogen) atoms. The standard InChI is InChI=1S/C14H27N3O.C2H6.2H2/c1-15-13-6-4-12(5-7-13)14(18)16-8-11-17-9-2-3-10-17;1-2;;/h12-13,15H,2-11H2,1H3,(H,16,18);1-2H3;2*1H. The molecule has 2 rings (SSSR count). The number of rotatable bonds is 5. The van der Waals surface area contributed by atoms with Crippen molar-refractivity contribution in [2.45, 2.75) is 58.4 Å². The van der Waals surface area contributed by atoms with Gasteiger partial charge in [0.05, 0.1) is 0 Å². The van der Waals surface area contributed by atoms with E-state index in [0.717, 1.165) is 38.8 Å². The highest BCUT2D eigenvalue weighted by Gasteiger charge is 2.25. The monoisotopic (exact) mass is 287 g/mol. The first-order valence-electron chi connectivity index (χ1n) is 8.47. The van der Waals surface area contributed by atoms with E-state index in [9.17, 15) is 4.79 Å². The molecule has 1 aliphatic carbocycles. The Morgan fingerprint density at radius 2 is 1.75 bits per heavy atom. The van der Waals surface area contributed by atoms with E-state index in [0.29, 0.717) is 6.04 Å². The van der Waals surface area contributed by atoms with Crippen molar-refractivity contribution in [3.63, 3.8) is 0 Å². The predicted molar refractivity (Wildman–Crippen MR) is 89.1 cm³/mol. The average molecular weight is 287 g/mol. The number of nitrogens with one attached hydrogen (secondary N) is 2. The number of hydrogen-bond donors (Lipinski definition) is 2. The number of carbonyl (C=O) groups is 1. The summed E-state index contributed by atoms with van der Waals surface area (Å²) in [6.45, 7) is 8.27. The average Bonchev–Trinajstić information content (AvgIpc) is 3.02. The molecule has 2 aliphatic rings. The molecular weight excluding hydrogens is 250 g/mol. The van der Waals surface area contributed by atoms with Gasteiger partial charge in [-0.3, -0.25) is 4.79 Å². The maximum Gasteiger partial charge on any atom is 0.223 e. The van der Waals surface area contributed by atoms with Crippen LogP contribution in [0.4, 0.5) is 0 Å². The molecule has 0 atom stereocenters. The zero-order valence-electron chi connectivity index (χ0n) is 13.6.